The number of nitrogens with two attached hydrogens (primary N) is 1. The summed E-state index contributed by atoms with van der Waals surface area (Å²) in [5.41, 5.74) is 11.8. The van der Waals surface area contributed by atoms with Crippen LogP contribution < -0.4 is 5.73 Å². The van der Waals surface area contributed by atoms with Crippen LogP contribution in [0.1, 0.15) is 35.9 Å². The lowest BCUT2D eigenvalue weighted by molar-refractivity contribution is 0.839. The summed E-state index contributed by atoms with van der Waals surface area (Å²) in [5.74, 6) is 1.38. The maximum atomic E-state index is 5.91. The lowest BCUT2D eigenvalue weighted by Gasteiger charge is -2.12. The van der Waals surface area contributed by atoms with Crippen molar-refractivity contribution >= 4 is 5.82 Å². The number of anilines is 1. The zero-order valence-corrected chi connectivity index (χ0v) is 12.1. The second kappa shape index (κ2) is 5.39. The predicted molar refractivity (Wildman–Crippen MR) is 80.1 cm³/mol. The molecular formula is C16H21N3. The van der Waals surface area contributed by atoms with Crippen molar-refractivity contribution in [2.75, 3.05) is 5.73 Å². The number of aryl methyl sites for hydroxylation is 4. The van der Waals surface area contributed by atoms with E-state index in [1.807, 2.05) is 6.07 Å². The molecule has 1 heterocycles. The van der Waals surface area contributed by atoms with E-state index in [1.54, 1.807) is 0 Å². The Morgan fingerprint density at radius 2 is 1.63 bits per heavy atom. The second-order valence-corrected chi connectivity index (χ2v) is 5.12. The van der Waals surface area contributed by atoms with E-state index >= 15 is 0 Å². The molecular weight excluding hydrogens is 234 g/mol. The highest BCUT2D eigenvalue weighted by atomic mass is 14.9. The van der Waals surface area contributed by atoms with Crippen LogP contribution in [0.25, 0.3) is 11.3 Å². The predicted octanol–water partition coefficient (Wildman–Crippen LogP) is 3.60. The van der Waals surface area contributed by atoms with Crippen LogP contribution in [0.5, 0.6) is 0 Å². The van der Waals surface area contributed by atoms with Crippen molar-refractivity contribution in [3.63, 3.8) is 0 Å². The average molecular weight is 255 g/mol. The van der Waals surface area contributed by atoms with Crippen LogP contribution in [-0.2, 0) is 6.42 Å². The van der Waals surface area contributed by atoms with Crippen molar-refractivity contribution in [2.24, 2.45) is 0 Å². The molecule has 1 aromatic heterocycles. The van der Waals surface area contributed by atoms with Gasteiger partial charge >= 0.3 is 0 Å². The quantitative estimate of drug-likeness (QED) is 0.911. The Morgan fingerprint density at radius 1 is 1.00 bits per heavy atom. The van der Waals surface area contributed by atoms with Gasteiger partial charge < -0.3 is 5.73 Å². The van der Waals surface area contributed by atoms with Gasteiger partial charge in [0.25, 0.3) is 0 Å². The fourth-order valence-electron chi connectivity index (χ4n) is 2.57. The van der Waals surface area contributed by atoms with Crippen molar-refractivity contribution in [2.45, 2.75) is 40.5 Å². The lowest BCUT2D eigenvalue weighted by Crippen LogP contribution is -2.02. The zero-order chi connectivity index (χ0) is 14.0. The van der Waals surface area contributed by atoms with Gasteiger partial charge in [-0.05, 0) is 38.3 Å². The molecule has 0 aliphatic rings. The number of aromatic nitrogens is 2. The molecule has 0 saturated carbocycles. The van der Waals surface area contributed by atoms with Gasteiger partial charge in [0.2, 0.25) is 0 Å². The smallest absolute Gasteiger partial charge is 0.131 e. The van der Waals surface area contributed by atoms with Crippen LogP contribution in [0.15, 0.2) is 18.2 Å². The lowest BCUT2D eigenvalue weighted by atomic mass is 9.97. The van der Waals surface area contributed by atoms with Gasteiger partial charge in [-0.15, -0.1) is 0 Å². The first-order valence-electron chi connectivity index (χ1n) is 6.73. The Labute approximate surface area is 114 Å². The fourth-order valence-corrected chi connectivity index (χ4v) is 2.57. The third-order valence-electron chi connectivity index (χ3n) is 3.20. The maximum absolute atomic E-state index is 5.91. The summed E-state index contributed by atoms with van der Waals surface area (Å²) in [5, 5.41) is 0. The maximum Gasteiger partial charge on any atom is 0.131 e. The molecule has 3 nitrogen and oxygen atoms in total. The molecule has 0 radical (unpaired) electrons. The molecule has 19 heavy (non-hydrogen) atoms. The van der Waals surface area contributed by atoms with Crippen molar-refractivity contribution in [3.05, 3.63) is 40.7 Å². The SMILES string of the molecule is CCCc1nc(N)cc(-c2c(C)cc(C)cc2C)n1. The molecule has 0 saturated heterocycles. The first-order chi connectivity index (χ1) is 9.01. The van der Waals surface area contributed by atoms with Crippen molar-refractivity contribution in [3.8, 4) is 11.3 Å². The van der Waals surface area contributed by atoms with Gasteiger partial charge in [-0.3, -0.25) is 0 Å². The molecule has 0 aliphatic carbocycles. The number of hydrogen-bond donors (Lipinski definition) is 1. The minimum absolute atomic E-state index is 0.549. The van der Waals surface area contributed by atoms with Gasteiger partial charge in [0.1, 0.15) is 11.6 Å². The minimum Gasteiger partial charge on any atom is -0.384 e. The molecule has 2 aromatic rings. The fraction of sp³-hybridized carbons (Fsp3) is 0.375. The molecule has 0 spiro atoms. The van der Waals surface area contributed by atoms with E-state index in [0.29, 0.717) is 5.82 Å². The Kier molecular flexibility index (Phi) is 3.84. The monoisotopic (exact) mass is 255 g/mol. The molecule has 0 atom stereocenters. The highest BCUT2D eigenvalue weighted by molar-refractivity contribution is 5.69. The number of hydrogen-bond acceptors (Lipinski definition) is 3. The molecule has 0 amide bonds. The summed E-state index contributed by atoms with van der Waals surface area (Å²) in [6.45, 7) is 8.47. The van der Waals surface area contributed by atoms with Crippen LogP contribution in [0, 0.1) is 20.8 Å². The number of benzene rings is 1. The van der Waals surface area contributed by atoms with E-state index in [9.17, 15) is 0 Å². The topological polar surface area (TPSA) is 51.8 Å². The first-order valence-corrected chi connectivity index (χ1v) is 6.73. The van der Waals surface area contributed by atoms with Crippen LogP contribution in [0.3, 0.4) is 0 Å². The highest BCUT2D eigenvalue weighted by Gasteiger charge is 2.10. The van der Waals surface area contributed by atoms with Crippen LogP contribution >= 0.6 is 0 Å². The largest absolute Gasteiger partial charge is 0.384 e. The Balaban J connectivity index is 2.58. The summed E-state index contributed by atoms with van der Waals surface area (Å²) in [7, 11) is 0. The summed E-state index contributed by atoms with van der Waals surface area (Å²) < 4.78 is 0. The van der Waals surface area contributed by atoms with Crippen LogP contribution in [-0.4, -0.2) is 9.97 Å². The summed E-state index contributed by atoms with van der Waals surface area (Å²) in [6.07, 6.45) is 1.89. The van der Waals surface area contributed by atoms with Crippen LogP contribution in [0.2, 0.25) is 0 Å². The highest BCUT2D eigenvalue weighted by Crippen LogP contribution is 2.27. The molecule has 1 aromatic carbocycles. The Bertz CT molecular complexity index is 580. The van der Waals surface area contributed by atoms with E-state index in [-0.39, 0.29) is 0 Å². The normalized spacial score (nSPS) is 10.7. The van der Waals surface area contributed by atoms with Crippen molar-refractivity contribution < 1.29 is 0 Å². The molecule has 0 unspecified atom stereocenters. The van der Waals surface area contributed by atoms with Crippen LogP contribution in [0.4, 0.5) is 5.82 Å². The molecule has 0 bridgehead atoms. The van der Waals surface area contributed by atoms with Gasteiger partial charge in [0.15, 0.2) is 0 Å². The molecule has 0 aliphatic heterocycles. The van der Waals surface area contributed by atoms with Gasteiger partial charge in [-0.1, -0.05) is 24.6 Å². The molecule has 0 fully saturated rings. The summed E-state index contributed by atoms with van der Waals surface area (Å²) >= 11 is 0. The first kappa shape index (κ1) is 13.5. The van der Waals surface area contributed by atoms with Crippen molar-refractivity contribution in [1.82, 2.24) is 9.97 Å². The van der Waals surface area contributed by atoms with Gasteiger partial charge in [-0.25, -0.2) is 9.97 Å². The molecule has 2 rings (SSSR count). The molecule has 3 heteroatoms. The van der Waals surface area contributed by atoms with Gasteiger partial charge in [0, 0.05) is 18.1 Å². The molecule has 100 valence electrons. The summed E-state index contributed by atoms with van der Waals surface area (Å²) in [6, 6.07) is 6.23. The standard InChI is InChI=1S/C16H21N3/c1-5-6-15-18-13(9-14(17)19-15)16-11(3)7-10(2)8-12(16)4/h7-9H,5-6H2,1-4H3,(H2,17,18,19). The third-order valence-corrected chi connectivity index (χ3v) is 3.20. The number of nitrogens with zero attached hydrogens (tertiary/aromatic N) is 2. The van der Waals surface area contributed by atoms with E-state index < -0.39 is 0 Å². The zero-order valence-electron chi connectivity index (χ0n) is 12.1. The number of nitrogen functional groups attached to an aromatic ring is 1. The minimum atomic E-state index is 0.549. The summed E-state index contributed by atoms with van der Waals surface area (Å²) in [4.78, 5) is 8.95. The Morgan fingerprint density at radius 3 is 2.21 bits per heavy atom. The second-order valence-electron chi connectivity index (χ2n) is 5.12. The van der Waals surface area contributed by atoms with Gasteiger partial charge in [-0.2, -0.15) is 0 Å². The molecule has 2 N–H and O–H groups in total. The average Bonchev–Trinajstić information content (AvgIpc) is 2.26. The van der Waals surface area contributed by atoms with E-state index in [4.69, 9.17) is 5.73 Å². The third kappa shape index (κ3) is 2.92. The van der Waals surface area contributed by atoms with E-state index in [1.165, 1.54) is 22.3 Å². The van der Waals surface area contributed by atoms with Gasteiger partial charge in [0.05, 0.1) is 5.69 Å². The van der Waals surface area contributed by atoms with E-state index in [2.05, 4.69) is 49.8 Å². The Hall–Kier alpha value is -1.90. The number of rotatable bonds is 3. The van der Waals surface area contributed by atoms with Crippen molar-refractivity contribution in [1.29, 1.82) is 0 Å². The van der Waals surface area contributed by atoms with E-state index in [0.717, 1.165) is 24.4 Å².